The van der Waals surface area contributed by atoms with Crippen LogP contribution in [-0.2, 0) is 0 Å². The maximum absolute atomic E-state index is 13.3. The van der Waals surface area contributed by atoms with E-state index in [-0.39, 0.29) is 0 Å². The third-order valence-corrected chi connectivity index (χ3v) is 4.81. The van der Waals surface area contributed by atoms with E-state index >= 15 is 0 Å². The Balaban J connectivity index is 1.31. The van der Waals surface area contributed by atoms with Gasteiger partial charge >= 0.3 is 6.03 Å². The number of carbonyl (C=O) groups excluding carboxylic acids is 1. The van der Waals surface area contributed by atoms with Gasteiger partial charge in [-0.1, -0.05) is 18.2 Å². The Hall–Kier alpha value is -4.79. The lowest BCUT2D eigenvalue weighted by molar-refractivity contribution is 0.262. The Morgan fingerprint density at radius 3 is 2.58 bits per heavy atom. The number of hydrogen-bond donors (Lipinski definition) is 3. The zero-order valence-electron chi connectivity index (χ0n) is 17.1. The number of halogens is 1. The SMILES string of the molecule is O=C(Nc1ccc(Oc2ccccc2-c2ncnc3[nH]ncc23)cc1)Nc1cccc(F)c1. The van der Waals surface area contributed by atoms with E-state index < -0.39 is 11.8 Å². The smallest absolute Gasteiger partial charge is 0.323 e. The van der Waals surface area contributed by atoms with E-state index in [4.69, 9.17) is 4.74 Å². The maximum atomic E-state index is 13.3. The largest absolute Gasteiger partial charge is 0.457 e. The fraction of sp³-hybridized carbons (Fsp3) is 0. The number of amides is 2. The zero-order chi connectivity index (χ0) is 22.6. The number of carbonyl (C=O) groups is 1. The summed E-state index contributed by atoms with van der Waals surface area (Å²) in [5.41, 5.74) is 3.06. The Bertz CT molecular complexity index is 1430. The van der Waals surface area contributed by atoms with E-state index in [0.717, 1.165) is 10.9 Å². The molecule has 0 aliphatic carbocycles. The van der Waals surface area contributed by atoms with Crippen molar-refractivity contribution in [2.75, 3.05) is 10.6 Å². The van der Waals surface area contributed by atoms with Gasteiger partial charge in [-0.05, 0) is 54.6 Å². The summed E-state index contributed by atoms with van der Waals surface area (Å²) < 4.78 is 19.4. The second-order valence-corrected chi connectivity index (χ2v) is 7.07. The van der Waals surface area contributed by atoms with E-state index in [9.17, 15) is 9.18 Å². The number of para-hydroxylation sites is 1. The number of fused-ring (bicyclic) bond motifs is 1. The summed E-state index contributed by atoms with van der Waals surface area (Å²) in [6.45, 7) is 0. The number of aromatic nitrogens is 4. The lowest BCUT2D eigenvalue weighted by Gasteiger charge is -2.12. The van der Waals surface area contributed by atoms with Crippen molar-refractivity contribution in [3.8, 4) is 22.8 Å². The molecule has 0 saturated heterocycles. The molecular weight excluding hydrogens is 423 g/mol. The third kappa shape index (κ3) is 4.47. The summed E-state index contributed by atoms with van der Waals surface area (Å²) in [6, 6.07) is 19.6. The van der Waals surface area contributed by atoms with Crippen LogP contribution < -0.4 is 15.4 Å². The van der Waals surface area contributed by atoms with E-state index in [0.29, 0.717) is 34.2 Å². The molecule has 0 radical (unpaired) electrons. The van der Waals surface area contributed by atoms with Gasteiger partial charge < -0.3 is 15.4 Å². The Kier molecular flexibility index (Phi) is 5.34. The van der Waals surface area contributed by atoms with Gasteiger partial charge in [0.2, 0.25) is 0 Å². The molecule has 0 unspecified atom stereocenters. The van der Waals surface area contributed by atoms with E-state index in [2.05, 4.69) is 30.8 Å². The minimum absolute atomic E-state index is 0.362. The predicted octanol–water partition coefficient (Wildman–Crippen LogP) is 5.60. The van der Waals surface area contributed by atoms with Crippen LogP contribution in [0.3, 0.4) is 0 Å². The van der Waals surface area contributed by atoms with Gasteiger partial charge in [-0.15, -0.1) is 0 Å². The van der Waals surface area contributed by atoms with Crippen molar-refractivity contribution in [2.45, 2.75) is 0 Å². The molecule has 9 heteroatoms. The number of urea groups is 1. The number of rotatable bonds is 5. The molecule has 3 aromatic carbocycles. The molecule has 5 aromatic rings. The number of ether oxygens (including phenoxy) is 1. The number of nitrogens with one attached hydrogen (secondary N) is 3. The van der Waals surface area contributed by atoms with Gasteiger partial charge in [0, 0.05) is 16.9 Å². The van der Waals surface area contributed by atoms with Gasteiger partial charge in [0.25, 0.3) is 0 Å². The molecule has 162 valence electrons. The average Bonchev–Trinajstić information content (AvgIpc) is 3.30. The molecule has 0 aliphatic heterocycles. The average molecular weight is 440 g/mol. The predicted molar refractivity (Wildman–Crippen MR) is 123 cm³/mol. The summed E-state index contributed by atoms with van der Waals surface area (Å²) in [5, 5.41) is 12.9. The topological polar surface area (TPSA) is 105 Å². The molecule has 8 nitrogen and oxygen atoms in total. The molecule has 0 bridgehead atoms. The highest BCUT2D eigenvalue weighted by Gasteiger charge is 2.13. The first-order valence-corrected chi connectivity index (χ1v) is 10.0. The molecule has 5 rings (SSSR count). The second-order valence-electron chi connectivity index (χ2n) is 7.07. The van der Waals surface area contributed by atoms with Crippen molar-refractivity contribution in [3.05, 3.63) is 91.1 Å². The van der Waals surface area contributed by atoms with Crippen LogP contribution >= 0.6 is 0 Å². The molecule has 0 saturated carbocycles. The number of hydrogen-bond acceptors (Lipinski definition) is 5. The van der Waals surface area contributed by atoms with E-state index in [1.165, 1.54) is 24.5 Å². The highest BCUT2D eigenvalue weighted by molar-refractivity contribution is 5.99. The monoisotopic (exact) mass is 440 g/mol. The fourth-order valence-electron chi connectivity index (χ4n) is 3.32. The van der Waals surface area contributed by atoms with Crippen LogP contribution in [0.15, 0.2) is 85.3 Å². The molecule has 0 atom stereocenters. The Morgan fingerprint density at radius 1 is 0.909 bits per heavy atom. The van der Waals surface area contributed by atoms with Gasteiger partial charge in [0.15, 0.2) is 5.65 Å². The molecule has 2 amide bonds. The number of H-pyrrole nitrogens is 1. The molecule has 0 spiro atoms. The molecule has 33 heavy (non-hydrogen) atoms. The molecule has 2 heterocycles. The second kappa shape index (κ2) is 8.75. The summed E-state index contributed by atoms with van der Waals surface area (Å²) in [6.07, 6.45) is 3.15. The highest BCUT2D eigenvalue weighted by Crippen LogP contribution is 2.35. The quantitative estimate of drug-likeness (QED) is 0.330. The minimum Gasteiger partial charge on any atom is -0.457 e. The van der Waals surface area contributed by atoms with Crippen LogP contribution in [-0.4, -0.2) is 26.2 Å². The summed E-state index contributed by atoms with van der Waals surface area (Å²) in [4.78, 5) is 20.7. The molecule has 2 aromatic heterocycles. The lowest BCUT2D eigenvalue weighted by atomic mass is 10.1. The number of aromatic amines is 1. The summed E-state index contributed by atoms with van der Waals surface area (Å²) >= 11 is 0. The standard InChI is InChI=1S/C24H17FN6O2/c25-15-4-3-5-17(12-15)30-24(32)29-16-8-10-18(11-9-16)33-21-7-2-1-6-19(21)22-20-13-28-31-23(20)27-14-26-22/h1-14H,(H2,29,30,32)(H,26,27,28,31). The van der Waals surface area contributed by atoms with Gasteiger partial charge in [0.1, 0.15) is 23.6 Å². The minimum atomic E-state index is -0.479. The van der Waals surface area contributed by atoms with Crippen molar-refractivity contribution in [1.29, 1.82) is 0 Å². The molecule has 3 N–H and O–H groups in total. The highest BCUT2D eigenvalue weighted by atomic mass is 19.1. The Morgan fingerprint density at radius 2 is 1.73 bits per heavy atom. The van der Waals surface area contributed by atoms with Gasteiger partial charge in [0.05, 0.1) is 17.3 Å². The maximum Gasteiger partial charge on any atom is 0.323 e. The fourth-order valence-corrected chi connectivity index (χ4v) is 3.32. The van der Waals surface area contributed by atoms with E-state index in [1.807, 2.05) is 24.3 Å². The number of benzene rings is 3. The van der Waals surface area contributed by atoms with Gasteiger partial charge in [-0.2, -0.15) is 5.10 Å². The first-order chi connectivity index (χ1) is 16.2. The van der Waals surface area contributed by atoms with Crippen LogP contribution in [0.2, 0.25) is 0 Å². The van der Waals surface area contributed by atoms with Crippen LogP contribution in [0.1, 0.15) is 0 Å². The van der Waals surface area contributed by atoms with Crippen LogP contribution in [0.5, 0.6) is 11.5 Å². The van der Waals surface area contributed by atoms with Crippen LogP contribution in [0.4, 0.5) is 20.6 Å². The van der Waals surface area contributed by atoms with E-state index in [1.54, 1.807) is 36.5 Å². The Labute approximate surface area is 187 Å². The van der Waals surface area contributed by atoms with Crippen LogP contribution in [0, 0.1) is 5.82 Å². The van der Waals surface area contributed by atoms with Crippen molar-refractivity contribution < 1.29 is 13.9 Å². The van der Waals surface area contributed by atoms with Gasteiger partial charge in [-0.3, -0.25) is 5.10 Å². The van der Waals surface area contributed by atoms with Crippen molar-refractivity contribution in [1.82, 2.24) is 20.2 Å². The van der Waals surface area contributed by atoms with Crippen LogP contribution in [0.25, 0.3) is 22.3 Å². The summed E-state index contributed by atoms with van der Waals surface area (Å²) in [5.74, 6) is 0.768. The molecule has 0 aliphatic rings. The molecular formula is C24H17FN6O2. The first kappa shape index (κ1) is 20.1. The van der Waals surface area contributed by atoms with Crippen molar-refractivity contribution in [2.24, 2.45) is 0 Å². The third-order valence-electron chi connectivity index (χ3n) is 4.81. The number of anilines is 2. The normalized spacial score (nSPS) is 10.7. The first-order valence-electron chi connectivity index (χ1n) is 10.0. The molecule has 0 fully saturated rings. The zero-order valence-corrected chi connectivity index (χ0v) is 17.1. The van der Waals surface area contributed by atoms with Crippen molar-refractivity contribution in [3.63, 3.8) is 0 Å². The summed E-state index contributed by atoms with van der Waals surface area (Å²) in [7, 11) is 0. The van der Waals surface area contributed by atoms with Gasteiger partial charge in [-0.25, -0.2) is 19.2 Å². The lowest BCUT2D eigenvalue weighted by Crippen LogP contribution is -2.19. The van der Waals surface area contributed by atoms with Crippen molar-refractivity contribution >= 4 is 28.4 Å². The number of nitrogens with zero attached hydrogens (tertiary/aromatic N) is 3.